The first-order valence-electron chi connectivity index (χ1n) is 6.17. The van der Waals surface area contributed by atoms with Gasteiger partial charge in [0.2, 0.25) is 0 Å². The summed E-state index contributed by atoms with van der Waals surface area (Å²) in [5, 5.41) is 2.92. The highest BCUT2D eigenvalue weighted by molar-refractivity contribution is 5.68. The third kappa shape index (κ3) is 3.66. The number of carbonyl (C=O) groups excluding carboxylic acids is 1. The second-order valence-electron chi connectivity index (χ2n) is 6.17. The molecule has 1 aliphatic rings. The van der Waals surface area contributed by atoms with Gasteiger partial charge in [0.25, 0.3) is 0 Å². The number of carbonyl (C=O) groups is 1. The predicted molar refractivity (Wildman–Crippen MR) is 68.5 cm³/mol. The normalized spacial score (nSPS) is 19.4. The molecule has 1 rings (SSSR count). The van der Waals surface area contributed by atoms with Gasteiger partial charge >= 0.3 is 6.09 Å². The summed E-state index contributed by atoms with van der Waals surface area (Å²) in [6.45, 7) is 9.69. The van der Waals surface area contributed by atoms with Gasteiger partial charge in [-0.05, 0) is 39.5 Å². The van der Waals surface area contributed by atoms with Crippen molar-refractivity contribution in [3.63, 3.8) is 0 Å². The monoisotopic (exact) mass is 237 g/mol. The fraction of sp³-hybridized carbons (Fsp3) is 0.786. The van der Waals surface area contributed by atoms with Gasteiger partial charge in [-0.25, -0.2) is 4.79 Å². The van der Waals surface area contributed by atoms with Gasteiger partial charge in [-0.2, -0.15) is 0 Å². The zero-order valence-corrected chi connectivity index (χ0v) is 11.5. The molecular weight excluding hydrogens is 214 g/mol. The van der Waals surface area contributed by atoms with Crippen molar-refractivity contribution in [1.29, 1.82) is 0 Å². The van der Waals surface area contributed by atoms with Crippen molar-refractivity contribution in [2.24, 2.45) is 11.3 Å². The lowest BCUT2D eigenvalue weighted by Gasteiger charge is -2.29. The Kier molecular flexibility index (Phi) is 3.76. The first-order valence-corrected chi connectivity index (χ1v) is 6.17. The summed E-state index contributed by atoms with van der Waals surface area (Å²) >= 11 is 0. The molecule has 17 heavy (non-hydrogen) atoms. The van der Waals surface area contributed by atoms with E-state index in [-0.39, 0.29) is 17.6 Å². The highest BCUT2D eigenvalue weighted by Crippen LogP contribution is 2.50. The van der Waals surface area contributed by atoms with Crippen molar-refractivity contribution in [3.05, 3.63) is 0 Å². The van der Waals surface area contributed by atoms with E-state index in [0.717, 1.165) is 12.8 Å². The minimum atomic E-state index is -0.474. The molecule has 0 aromatic rings. The Bertz CT molecular complexity index is 329. The van der Waals surface area contributed by atoms with Crippen LogP contribution in [0.25, 0.3) is 0 Å². The maximum atomic E-state index is 11.8. The molecule has 0 radical (unpaired) electrons. The second kappa shape index (κ2) is 4.60. The van der Waals surface area contributed by atoms with Crippen LogP contribution in [-0.4, -0.2) is 17.7 Å². The summed E-state index contributed by atoms with van der Waals surface area (Å²) in [7, 11) is 0. The van der Waals surface area contributed by atoms with Crippen molar-refractivity contribution in [1.82, 2.24) is 5.32 Å². The summed E-state index contributed by atoms with van der Waals surface area (Å²) in [6, 6.07) is 0.00218. The highest BCUT2D eigenvalue weighted by Gasteiger charge is 2.50. The van der Waals surface area contributed by atoms with Gasteiger partial charge in [0.15, 0.2) is 0 Å². The molecule has 0 spiro atoms. The number of ether oxygens (including phenoxy) is 1. The molecule has 1 unspecified atom stereocenters. The van der Waals surface area contributed by atoms with Crippen LogP contribution < -0.4 is 5.32 Å². The number of hydrogen-bond donors (Lipinski definition) is 1. The predicted octanol–water partition coefficient (Wildman–Crippen LogP) is 2.95. The van der Waals surface area contributed by atoms with Crippen LogP contribution >= 0.6 is 0 Å². The lowest BCUT2D eigenvalue weighted by molar-refractivity contribution is 0.0470. The molecule has 3 nitrogen and oxygen atoms in total. The number of terminal acetylenes is 1. The Morgan fingerprint density at radius 1 is 1.41 bits per heavy atom. The Balaban J connectivity index is 2.64. The lowest BCUT2D eigenvalue weighted by atomic mass is 9.88. The molecule has 1 N–H and O–H groups in total. The molecule has 1 fully saturated rings. The summed E-state index contributed by atoms with van der Waals surface area (Å²) in [5.41, 5.74) is -0.621. The van der Waals surface area contributed by atoms with E-state index in [2.05, 4.69) is 25.1 Å². The van der Waals surface area contributed by atoms with Gasteiger partial charge in [0, 0.05) is 0 Å². The molecule has 0 aromatic heterocycles. The van der Waals surface area contributed by atoms with Crippen molar-refractivity contribution >= 4 is 6.09 Å². The van der Waals surface area contributed by atoms with Gasteiger partial charge in [-0.1, -0.05) is 19.8 Å². The quantitative estimate of drug-likeness (QED) is 0.766. The zero-order chi connectivity index (χ0) is 13.3. The fourth-order valence-electron chi connectivity index (χ4n) is 2.06. The Morgan fingerprint density at radius 2 is 1.94 bits per heavy atom. The van der Waals surface area contributed by atoms with E-state index in [9.17, 15) is 4.79 Å². The van der Waals surface area contributed by atoms with Gasteiger partial charge in [0.05, 0.1) is 11.5 Å². The molecule has 0 heterocycles. The molecule has 3 heteroatoms. The third-order valence-corrected chi connectivity index (χ3v) is 3.01. The summed E-state index contributed by atoms with van der Waals surface area (Å²) < 4.78 is 5.27. The topological polar surface area (TPSA) is 38.3 Å². The molecule has 1 saturated carbocycles. The second-order valence-corrected chi connectivity index (χ2v) is 6.17. The van der Waals surface area contributed by atoms with Gasteiger partial charge < -0.3 is 10.1 Å². The van der Waals surface area contributed by atoms with E-state index in [4.69, 9.17) is 11.2 Å². The van der Waals surface area contributed by atoms with Crippen LogP contribution in [0.15, 0.2) is 0 Å². The van der Waals surface area contributed by atoms with Crippen molar-refractivity contribution in [2.45, 2.75) is 59.1 Å². The molecule has 96 valence electrons. The molecule has 0 bridgehead atoms. The maximum Gasteiger partial charge on any atom is 0.407 e. The van der Waals surface area contributed by atoms with E-state index in [1.54, 1.807) is 0 Å². The average molecular weight is 237 g/mol. The van der Waals surface area contributed by atoms with Gasteiger partial charge in [-0.3, -0.25) is 0 Å². The molecule has 1 atom stereocenters. The summed E-state index contributed by atoms with van der Waals surface area (Å²) in [4.78, 5) is 11.8. The molecule has 1 aliphatic carbocycles. The zero-order valence-electron chi connectivity index (χ0n) is 11.5. The number of hydrogen-bond acceptors (Lipinski definition) is 2. The number of amides is 1. The Hall–Kier alpha value is -1.17. The summed E-state index contributed by atoms with van der Waals surface area (Å²) in [6.07, 6.45) is 7.17. The summed E-state index contributed by atoms with van der Waals surface area (Å²) in [5.74, 6) is 3.14. The van der Waals surface area contributed by atoms with E-state index >= 15 is 0 Å². The Morgan fingerprint density at radius 3 is 2.24 bits per heavy atom. The van der Waals surface area contributed by atoms with E-state index in [0.29, 0.717) is 5.92 Å². The van der Waals surface area contributed by atoms with Crippen LogP contribution in [0.2, 0.25) is 0 Å². The van der Waals surface area contributed by atoms with Crippen LogP contribution in [0.3, 0.4) is 0 Å². The first-order chi connectivity index (χ1) is 7.70. The smallest absolute Gasteiger partial charge is 0.407 e. The molecular formula is C14H23NO2. The SMILES string of the molecule is C#CC1(C(NC(=O)OC(C)(C)C)C(C)C)CC1. The van der Waals surface area contributed by atoms with Gasteiger partial charge in [0.1, 0.15) is 5.60 Å². The van der Waals surface area contributed by atoms with E-state index in [1.807, 2.05) is 20.8 Å². The van der Waals surface area contributed by atoms with E-state index < -0.39 is 5.60 Å². The van der Waals surface area contributed by atoms with Crippen LogP contribution in [0.4, 0.5) is 4.79 Å². The maximum absolute atomic E-state index is 11.8. The Labute approximate surface area is 104 Å². The third-order valence-electron chi connectivity index (χ3n) is 3.01. The minimum Gasteiger partial charge on any atom is -0.444 e. The molecule has 0 aromatic carbocycles. The highest BCUT2D eigenvalue weighted by atomic mass is 16.6. The number of rotatable bonds is 3. The van der Waals surface area contributed by atoms with Gasteiger partial charge in [-0.15, -0.1) is 6.42 Å². The average Bonchev–Trinajstić information content (AvgIpc) is 2.91. The first kappa shape index (κ1) is 13.9. The van der Waals surface area contributed by atoms with Crippen molar-refractivity contribution in [3.8, 4) is 12.3 Å². The molecule has 0 saturated heterocycles. The van der Waals surface area contributed by atoms with E-state index in [1.165, 1.54) is 0 Å². The van der Waals surface area contributed by atoms with Crippen molar-refractivity contribution in [2.75, 3.05) is 0 Å². The van der Waals surface area contributed by atoms with Crippen molar-refractivity contribution < 1.29 is 9.53 Å². The molecule has 0 aliphatic heterocycles. The number of nitrogens with one attached hydrogen (secondary N) is 1. The van der Waals surface area contributed by atoms with Crippen LogP contribution in [0.5, 0.6) is 0 Å². The minimum absolute atomic E-state index is 0.00218. The van der Waals surface area contributed by atoms with Crippen LogP contribution in [0, 0.1) is 23.7 Å². The number of alkyl carbamates (subject to hydrolysis) is 1. The lowest BCUT2D eigenvalue weighted by Crippen LogP contribution is -2.46. The van der Waals surface area contributed by atoms with Crippen LogP contribution in [-0.2, 0) is 4.74 Å². The largest absolute Gasteiger partial charge is 0.444 e. The standard InChI is InChI=1S/C14H23NO2/c1-7-14(8-9-14)11(10(2)3)15-12(16)17-13(4,5)6/h1,10-11H,8-9H2,2-6H3,(H,15,16). The molecule has 1 amide bonds. The fourth-order valence-corrected chi connectivity index (χ4v) is 2.06. The van der Waals surface area contributed by atoms with Crippen LogP contribution in [0.1, 0.15) is 47.5 Å².